The first-order chi connectivity index (χ1) is 12.0. The monoisotopic (exact) mass is 360 g/mol. The molecule has 0 radical (unpaired) electrons. The number of hydrogen-bond acceptors (Lipinski definition) is 3. The van der Waals surface area contributed by atoms with Gasteiger partial charge in [-0.2, -0.15) is 0 Å². The number of amides is 1. The van der Waals surface area contributed by atoms with Crippen LogP contribution >= 0.6 is 11.6 Å². The molecule has 25 heavy (non-hydrogen) atoms. The number of H-pyrrole nitrogens is 1. The first-order valence-electron chi connectivity index (χ1n) is 8.36. The zero-order chi connectivity index (χ0) is 18.0. The molecule has 6 heteroatoms. The molecule has 1 aliphatic carbocycles. The van der Waals surface area contributed by atoms with Gasteiger partial charge in [0.2, 0.25) is 0 Å². The second-order valence-electron chi connectivity index (χ2n) is 6.29. The summed E-state index contributed by atoms with van der Waals surface area (Å²) in [6, 6.07) is 7.15. The lowest BCUT2D eigenvalue weighted by atomic mass is 9.94. The van der Waals surface area contributed by atoms with Crippen molar-refractivity contribution < 1.29 is 14.3 Å². The molecule has 1 aromatic heterocycles. The minimum Gasteiger partial charge on any atom is -0.492 e. The number of hydrogen-bond donors (Lipinski definition) is 1. The van der Waals surface area contributed by atoms with E-state index in [1.54, 1.807) is 24.1 Å². The Hall–Kier alpha value is -2.27. The van der Waals surface area contributed by atoms with Gasteiger partial charge in [0.25, 0.3) is 5.91 Å². The van der Waals surface area contributed by atoms with Gasteiger partial charge in [-0.25, -0.2) is 0 Å². The molecule has 0 atom stereocenters. The van der Waals surface area contributed by atoms with Crippen LogP contribution in [0, 0.1) is 6.92 Å². The number of nitrogens with zero attached hydrogens (tertiary/aromatic N) is 1. The second kappa shape index (κ2) is 7.31. The Bertz CT molecular complexity index is 813. The van der Waals surface area contributed by atoms with Gasteiger partial charge in [0.15, 0.2) is 5.78 Å². The number of halogens is 1. The predicted octanol–water partition coefficient (Wildman–Crippen LogP) is 3.65. The first-order valence-corrected chi connectivity index (χ1v) is 8.73. The third-order valence-electron chi connectivity index (χ3n) is 4.49. The van der Waals surface area contributed by atoms with Crippen molar-refractivity contribution in [2.45, 2.75) is 26.2 Å². The summed E-state index contributed by atoms with van der Waals surface area (Å²) in [6.07, 6.45) is 2.21. The Morgan fingerprint density at radius 3 is 2.88 bits per heavy atom. The normalized spacial score (nSPS) is 13.5. The average Bonchev–Trinajstić information content (AvgIpc) is 2.92. The van der Waals surface area contributed by atoms with E-state index in [0.29, 0.717) is 41.6 Å². The van der Waals surface area contributed by atoms with Gasteiger partial charge < -0.3 is 14.6 Å². The topological polar surface area (TPSA) is 62.4 Å². The van der Waals surface area contributed by atoms with Gasteiger partial charge in [0.1, 0.15) is 18.1 Å². The fourth-order valence-electron chi connectivity index (χ4n) is 3.14. The molecule has 0 bridgehead atoms. The lowest BCUT2D eigenvalue weighted by molar-refractivity contribution is 0.0767. The van der Waals surface area contributed by atoms with E-state index in [0.717, 1.165) is 24.1 Å². The predicted molar refractivity (Wildman–Crippen MR) is 96.7 cm³/mol. The quantitative estimate of drug-likeness (QED) is 0.885. The Morgan fingerprint density at radius 2 is 2.16 bits per heavy atom. The van der Waals surface area contributed by atoms with Crippen molar-refractivity contribution in [3.05, 3.63) is 51.8 Å². The minimum absolute atomic E-state index is 0.126. The van der Waals surface area contributed by atoms with E-state index in [1.807, 2.05) is 19.1 Å². The van der Waals surface area contributed by atoms with E-state index < -0.39 is 0 Å². The van der Waals surface area contributed by atoms with Gasteiger partial charge in [-0.05, 0) is 43.5 Å². The zero-order valence-corrected chi connectivity index (χ0v) is 15.2. The number of likely N-dealkylation sites (N-methyl/N-ethyl adjacent to an activating group) is 1. The molecule has 5 nitrogen and oxygen atoms in total. The number of fused-ring (bicyclic) bond motifs is 1. The van der Waals surface area contributed by atoms with Gasteiger partial charge >= 0.3 is 0 Å². The second-order valence-corrected chi connectivity index (χ2v) is 6.72. The summed E-state index contributed by atoms with van der Waals surface area (Å²) in [7, 11) is 1.73. The highest BCUT2D eigenvalue weighted by Gasteiger charge is 2.27. The van der Waals surface area contributed by atoms with Crippen molar-refractivity contribution in [3.63, 3.8) is 0 Å². The maximum Gasteiger partial charge on any atom is 0.270 e. The van der Waals surface area contributed by atoms with Crippen molar-refractivity contribution in [1.29, 1.82) is 0 Å². The SMILES string of the molecule is Cc1c(C(=O)N(C)CCOc2cccc(Cl)c2)[nH]c2c1C(=O)CCC2. The first kappa shape index (κ1) is 17.5. The summed E-state index contributed by atoms with van der Waals surface area (Å²) in [4.78, 5) is 29.5. The van der Waals surface area contributed by atoms with E-state index >= 15 is 0 Å². The van der Waals surface area contributed by atoms with Crippen LogP contribution < -0.4 is 4.74 Å². The number of aryl methyl sites for hydroxylation is 1. The molecule has 0 saturated carbocycles. The van der Waals surface area contributed by atoms with Crippen LogP contribution in [0.2, 0.25) is 5.02 Å². The third kappa shape index (κ3) is 3.71. The highest BCUT2D eigenvalue weighted by molar-refractivity contribution is 6.30. The van der Waals surface area contributed by atoms with Crippen molar-refractivity contribution in [2.75, 3.05) is 20.2 Å². The van der Waals surface area contributed by atoms with Crippen LogP contribution in [0.3, 0.4) is 0 Å². The van der Waals surface area contributed by atoms with E-state index in [4.69, 9.17) is 16.3 Å². The average molecular weight is 361 g/mol. The fourth-order valence-corrected chi connectivity index (χ4v) is 3.32. The van der Waals surface area contributed by atoms with E-state index in [-0.39, 0.29) is 11.7 Å². The number of aromatic amines is 1. The van der Waals surface area contributed by atoms with Gasteiger partial charge in [-0.15, -0.1) is 0 Å². The summed E-state index contributed by atoms with van der Waals surface area (Å²) < 4.78 is 5.63. The molecule has 1 heterocycles. The largest absolute Gasteiger partial charge is 0.492 e. The summed E-state index contributed by atoms with van der Waals surface area (Å²) in [5, 5.41) is 0.610. The molecule has 1 aromatic carbocycles. The van der Waals surface area contributed by atoms with Crippen LogP contribution in [0.15, 0.2) is 24.3 Å². The highest BCUT2D eigenvalue weighted by atomic mass is 35.5. The Labute approximate surface area is 151 Å². The van der Waals surface area contributed by atoms with Gasteiger partial charge in [-0.1, -0.05) is 17.7 Å². The van der Waals surface area contributed by atoms with Crippen LogP contribution in [0.25, 0.3) is 0 Å². The van der Waals surface area contributed by atoms with Gasteiger partial charge in [-0.3, -0.25) is 9.59 Å². The summed E-state index contributed by atoms with van der Waals surface area (Å²) in [5.74, 6) is 0.667. The number of benzene rings is 1. The summed E-state index contributed by atoms with van der Waals surface area (Å²) >= 11 is 5.92. The number of rotatable bonds is 5. The van der Waals surface area contributed by atoms with Gasteiger partial charge in [0.05, 0.1) is 6.54 Å². The van der Waals surface area contributed by atoms with Crippen molar-refractivity contribution >= 4 is 23.3 Å². The Morgan fingerprint density at radius 1 is 1.36 bits per heavy atom. The number of ether oxygens (including phenoxy) is 1. The van der Waals surface area contributed by atoms with Crippen LogP contribution in [0.4, 0.5) is 0 Å². The molecule has 132 valence electrons. The van der Waals surface area contributed by atoms with E-state index in [9.17, 15) is 9.59 Å². The number of Topliss-reactive ketones (excluding diaryl/α,β-unsaturated/α-hetero) is 1. The number of ketones is 1. The van der Waals surface area contributed by atoms with Crippen LogP contribution in [-0.2, 0) is 6.42 Å². The maximum absolute atomic E-state index is 12.7. The molecular formula is C19H21ClN2O3. The number of carbonyl (C=O) groups is 2. The molecule has 0 saturated heterocycles. The number of carbonyl (C=O) groups excluding carboxylic acids is 2. The fraction of sp³-hybridized carbons (Fsp3) is 0.368. The molecule has 1 amide bonds. The standard InChI is InChI=1S/C19H21ClN2O3/c1-12-17-15(7-4-8-16(17)23)21-18(12)19(24)22(2)9-10-25-14-6-3-5-13(20)11-14/h3,5-6,11,21H,4,7-10H2,1-2H3. The van der Waals surface area contributed by atoms with Crippen LogP contribution in [0.5, 0.6) is 5.75 Å². The summed E-state index contributed by atoms with van der Waals surface area (Å²) in [5.41, 5.74) is 2.86. The molecular weight excluding hydrogens is 340 g/mol. The molecule has 0 fully saturated rings. The summed E-state index contributed by atoms with van der Waals surface area (Å²) in [6.45, 7) is 2.63. The van der Waals surface area contributed by atoms with Crippen molar-refractivity contribution in [2.24, 2.45) is 0 Å². The lowest BCUT2D eigenvalue weighted by Crippen LogP contribution is -2.31. The third-order valence-corrected chi connectivity index (χ3v) is 4.72. The molecule has 1 N–H and O–H groups in total. The lowest BCUT2D eigenvalue weighted by Gasteiger charge is -2.17. The zero-order valence-electron chi connectivity index (χ0n) is 14.4. The Kier molecular flexibility index (Phi) is 5.13. The van der Waals surface area contributed by atoms with Crippen molar-refractivity contribution in [1.82, 2.24) is 9.88 Å². The molecule has 1 aliphatic rings. The van der Waals surface area contributed by atoms with Gasteiger partial charge in [0, 0.05) is 29.7 Å². The maximum atomic E-state index is 12.7. The smallest absolute Gasteiger partial charge is 0.270 e. The molecule has 0 unspecified atom stereocenters. The Balaban J connectivity index is 1.64. The molecule has 0 spiro atoms. The van der Waals surface area contributed by atoms with Crippen LogP contribution in [-0.4, -0.2) is 41.8 Å². The molecule has 2 aromatic rings. The van der Waals surface area contributed by atoms with Crippen molar-refractivity contribution in [3.8, 4) is 5.75 Å². The molecule has 3 rings (SSSR count). The highest BCUT2D eigenvalue weighted by Crippen LogP contribution is 2.27. The van der Waals surface area contributed by atoms with Crippen LogP contribution in [0.1, 0.15) is 44.9 Å². The number of aromatic nitrogens is 1. The number of nitrogens with one attached hydrogen (secondary N) is 1. The minimum atomic E-state index is -0.130. The molecule has 0 aliphatic heterocycles. The van der Waals surface area contributed by atoms with E-state index in [1.165, 1.54) is 0 Å². The van der Waals surface area contributed by atoms with E-state index in [2.05, 4.69) is 4.98 Å².